The summed E-state index contributed by atoms with van der Waals surface area (Å²) in [5.74, 6) is -0.0956. The van der Waals surface area contributed by atoms with Crippen LogP contribution >= 0.6 is 11.6 Å². The van der Waals surface area contributed by atoms with Crippen LogP contribution in [0.1, 0.15) is 24.5 Å². The Kier molecular flexibility index (Phi) is 7.11. The Labute approximate surface area is 155 Å². The van der Waals surface area contributed by atoms with Crippen molar-refractivity contribution in [3.05, 3.63) is 68.7 Å². The van der Waals surface area contributed by atoms with Gasteiger partial charge in [0.05, 0.1) is 24.2 Å². The molecule has 26 heavy (non-hydrogen) atoms. The van der Waals surface area contributed by atoms with E-state index in [0.717, 1.165) is 12.0 Å². The molecule has 0 fully saturated rings. The van der Waals surface area contributed by atoms with Gasteiger partial charge in [-0.1, -0.05) is 30.7 Å². The Hall–Kier alpha value is -2.93. The summed E-state index contributed by atoms with van der Waals surface area (Å²) in [4.78, 5) is 22.5. The van der Waals surface area contributed by atoms with Crippen molar-refractivity contribution in [3.63, 3.8) is 0 Å². The van der Waals surface area contributed by atoms with E-state index < -0.39 is 4.92 Å². The topological polar surface area (TPSA) is 93.8 Å². The molecule has 0 spiro atoms. The van der Waals surface area contributed by atoms with Crippen molar-refractivity contribution in [1.82, 2.24) is 5.43 Å². The summed E-state index contributed by atoms with van der Waals surface area (Å²) in [6.07, 6.45) is 2.24. The summed E-state index contributed by atoms with van der Waals surface area (Å²) in [6.45, 7) is 2.31. The van der Waals surface area contributed by atoms with Gasteiger partial charge >= 0.3 is 5.69 Å². The third-order valence-electron chi connectivity index (χ3n) is 3.32. The maximum absolute atomic E-state index is 11.8. The first kappa shape index (κ1) is 19.4. The molecule has 0 saturated carbocycles. The maximum Gasteiger partial charge on any atom is 0.311 e. The number of hydrogen-bond acceptors (Lipinski definition) is 5. The number of benzene rings is 2. The fourth-order valence-corrected chi connectivity index (χ4v) is 2.22. The van der Waals surface area contributed by atoms with E-state index in [1.54, 1.807) is 30.3 Å². The summed E-state index contributed by atoms with van der Waals surface area (Å²) in [5, 5.41) is 15.6. The molecule has 7 nitrogen and oxygen atoms in total. The van der Waals surface area contributed by atoms with Crippen LogP contribution in [0.3, 0.4) is 0 Å². The first-order valence-electron chi connectivity index (χ1n) is 7.97. The van der Waals surface area contributed by atoms with Crippen molar-refractivity contribution in [2.75, 3.05) is 6.61 Å². The average Bonchev–Trinajstić information content (AvgIpc) is 2.62. The van der Waals surface area contributed by atoms with Gasteiger partial charge in [0.15, 0.2) is 5.75 Å². The lowest BCUT2D eigenvalue weighted by molar-refractivity contribution is -0.385. The number of hydrazone groups is 1. The average molecular weight is 376 g/mol. The Morgan fingerprint density at radius 3 is 2.69 bits per heavy atom. The van der Waals surface area contributed by atoms with Crippen LogP contribution in [-0.4, -0.2) is 23.7 Å². The van der Waals surface area contributed by atoms with E-state index in [-0.39, 0.29) is 23.8 Å². The molecule has 0 heterocycles. The second-order valence-corrected chi connectivity index (χ2v) is 5.87. The lowest BCUT2D eigenvalue weighted by atomic mass is 10.1. The van der Waals surface area contributed by atoms with E-state index in [4.69, 9.17) is 16.3 Å². The zero-order chi connectivity index (χ0) is 18.9. The number of rotatable bonds is 8. The fraction of sp³-hybridized carbons (Fsp3) is 0.222. The summed E-state index contributed by atoms with van der Waals surface area (Å²) in [5.41, 5.74) is 3.52. The molecule has 0 aliphatic rings. The molecule has 2 aromatic rings. The molecule has 1 N–H and O–H groups in total. The van der Waals surface area contributed by atoms with Crippen LogP contribution in [0.4, 0.5) is 5.69 Å². The SMILES string of the molecule is CCCOc1ccc(/C=N\NC(=O)Cc2ccc(Cl)cc2)cc1[N+](=O)[O-]. The number of carbonyl (C=O) groups is 1. The Bertz CT molecular complexity index is 807. The zero-order valence-electron chi connectivity index (χ0n) is 14.1. The van der Waals surface area contributed by atoms with Gasteiger partial charge in [-0.25, -0.2) is 5.43 Å². The normalized spacial score (nSPS) is 10.7. The van der Waals surface area contributed by atoms with E-state index in [9.17, 15) is 14.9 Å². The number of halogens is 1. The Morgan fingerprint density at radius 2 is 2.04 bits per heavy atom. The molecule has 0 aliphatic heterocycles. The largest absolute Gasteiger partial charge is 0.487 e. The first-order valence-corrected chi connectivity index (χ1v) is 8.35. The second-order valence-electron chi connectivity index (χ2n) is 5.43. The lowest BCUT2D eigenvalue weighted by Gasteiger charge is -2.05. The number of amides is 1. The quantitative estimate of drug-likeness (QED) is 0.432. The van der Waals surface area contributed by atoms with E-state index in [1.165, 1.54) is 18.3 Å². The van der Waals surface area contributed by atoms with Crippen LogP contribution in [0.2, 0.25) is 5.02 Å². The van der Waals surface area contributed by atoms with E-state index in [2.05, 4.69) is 10.5 Å². The van der Waals surface area contributed by atoms with Gasteiger partial charge in [-0.2, -0.15) is 5.10 Å². The highest BCUT2D eigenvalue weighted by molar-refractivity contribution is 6.30. The van der Waals surface area contributed by atoms with E-state index in [1.807, 2.05) is 6.92 Å². The van der Waals surface area contributed by atoms with Crippen molar-refractivity contribution in [1.29, 1.82) is 0 Å². The molecule has 1 amide bonds. The third-order valence-corrected chi connectivity index (χ3v) is 3.57. The number of nitro groups is 1. The monoisotopic (exact) mass is 375 g/mol. The zero-order valence-corrected chi connectivity index (χ0v) is 14.9. The van der Waals surface area contributed by atoms with Crippen LogP contribution in [0.25, 0.3) is 0 Å². The minimum Gasteiger partial charge on any atom is -0.487 e. The number of hydrogen-bond donors (Lipinski definition) is 1. The molecule has 0 aliphatic carbocycles. The molecule has 0 saturated heterocycles. The molecular formula is C18H18ClN3O4. The molecular weight excluding hydrogens is 358 g/mol. The summed E-state index contributed by atoms with van der Waals surface area (Å²) in [7, 11) is 0. The Balaban J connectivity index is 1.98. The van der Waals surface area contributed by atoms with Gasteiger partial charge in [-0.3, -0.25) is 14.9 Å². The summed E-state index contributed by atoms with van der Waals surface area (Å²) in [6, 6.07) is 11.4. The number of carbonyl (C=O) groups excluding carboxylic acids is 1. The fourth-order valence-electron chi connectivity index (χ4n) is 2.10. The minimum atomic E-state index is -0.512. The number of ether oxygens (including phenoxy) is 1. The van der Waals surface area contributed by atoms with Crippen LogP contribution < -0.4 is 10.2 Å². The van der Waals surface area contributed by atoms with Gasteiger partial charge in [0.25, 0.3) is 0 Å². The van der Waals surface area contributed by atoms with Gasteiger partial charge in [-0.05, 0) is 36.2 Å². The third kappa shape index (κ3) is 5.86. The standard InChI is InChI=1S/C18H18ClN3O4/c1-2-9-26-17-8-5-14(10-16(17)22(24)25)12-20-21-18(23)11-13-3-6-15(19)7-4-13/h3-8,10,12H,2,9,11H2,1H3,(H,21,23)/b20-12-. The molecule has 0 atom stereocenters. The predicted octanol–water partition coefficient (Wildman–Crippen LogP) is 3.73. The summed E-state index contributed by atoms with van der Waals surface area (Å²) < 4.78 is 5.35. The molecule has 8 heteroatoms. The van der Waals surface area contributed by atoms with Gasteiger partial charge in [0, 0.05) is 16.7 Å². The maximum atomic E-state index is 11.8. The van der Waals surface area contributed by atoms with E-state index in [0.29, 0.717) is 17.2 Å². The van der Waals surface area contributed by atoms with Gasteiger partial charge in [-0.15, -0.1) is 0 Å². The lowest BCUT2D eigenvalue weighted by Crippen LogP contribution is -2.19. The minimum absolute atomic E-state index is 0.144. The van der Waals surface area contributed by atoms with Crippen molar-refractivity contribution >= 4 is 29.4 Å². The van der Waals surface area contributed by atoms with E-state index >= 15 is 0 Å². The number of nitro benzene ring substituents is 1. The first-order chi connectivity index (χ1) is 12.5. The van der Waals surface area contributed by atoms with Crippen LogP contribution in [0, 0.1) is 10.1 Å². The molecule has 0 aromatic heterocycles. The molecule has 2 aromatic carbocycles. The smallest absolute Gasteiger partial charge is 0.311 e. The number of nitrogens with zero attached hydrogens (tertiary/aromatic N) is 2. The van der Waals surface area contributed by atoms with Crippen molar-refractivity contribution in [2.24, 2.45) is 5.10 Å². The van der Waals surface area contributed by atoms with Gasteiger partial charge in [0.2, 0.25) is 5.91 Å². The van der Waals surface area contributed by atoms with Crippen LogP contribution in [0.15, 0.2) is 47.6 Å². The molecule has 0 bridgehead atoms. The summed E-state index contributed by atoms with van der Waals surface area (Å²) >= 11 is 5.79. The van der Waals surface area contributed by atoms with Crippen molar-refractivity contribution < 1.29 is 14.5 Å². The Morgan fingerprint density at radius 1 is 1.31 bits per heavy atom. The highest BCUT2D eigenvalue weighted by atomic mass is 35.5. The van der Waals surface area contributed by atoms with Gasteiger partial charge < -0.3 is 4.74 Å². The molecule has 0 unspecified atom stereocenters. The predicted molar refractivity (Wildman–Crippen MR) is 99.8 cm³/mol. The number of nitrogens with one attached hydrogen (secondary N) is 1. The molecule has 136 valence electrons. The van der Waals surface area contributed by atoms with Gasteiger partial charge in [0.1, 0.15) is 0 Å². The molecule has 2 rings (SSSR count). The van der Waals surface area contributed by atoms with Crippen molar-refractivity contribution in [2.45, 2.75) is 19.8 Å². The highest BCUT2D eigenvalue weighted by Gasteiger charge is 2.15. The van der Waals surface area contributed by atoms with Crippen LogP contribution in [0.5, 0.6) is 5.75 Å². The van der Waals surface area contributed by atoms with Crippen molar-refractivity contribution in [3.8, 4) is 5.75 Å². The molecule has 0 radical (unpaired) electrons. The van der Waals surface area contributed by atoms with Crippen LogP contribution in [-0.2, 0) is 11.2 Å². The second kappa shape index (κ2) is 9.53. The highest BCUT2D eigenvalue weighted by Crippen LogP contribution is 2.27.